The van der Waals surface area contributed by atoms with Gasteiger partial charge in [-0.25, -0.2) is 0 Å². The minimum absolute atomic E-state index is 0.178. The molecular weight excluding hydrogens is 206 g/mol. The fourth-order valence-electron chi connectivity index (χ4n) is 1.99. The number of ether oxygens (including phenoxy) is 1. The van der Waals surface area contributed by atoms with E-state index < -0.39 is 0 Å². The number of aromatic hydroxyl groups is 1. The molecule has 1 unspecified atom stereocenters. The SMILES string of the molecule is CCOC(=O)C1CCNc2ccc(O)cc21. The number of carbonyl (C=O) groups is 1. The number of fused-ring (bicyclic) bond motifs is 1. The van der Waals surface area contributed by atoms with E-state index in [0.717, 1.165) is 17.8 Å². The van der Waals surface area contributed by atoms with Gasteiger partial charge in [0, 0.05) is 12.2 Å². The molecule has 0 fully saturated rings. The Morgan fingerprint density at radius 1 is 1.62 bits per heavy atom. The van der Waals surface area contributed by atoms with E-state index in [0.29, 0.717) is 13.0 Å². The lowest BCUT2D eigenvalue weighted by molar-refractivity contribution is -0.145. The molecular formula is C12H15NO3. The lowest BCUT2D eigenvalue weighted by atomic mass is 9.91. The first-order chi connectivity index (χ1) is 7.72. The minimum Gasteiger partial charge on any atom is -0.508 e. The van der Waals surface area contributed by atoms with Gasteiger partial charge in [0.15, 0.2) is 0 Å². The number of esters is 1. The monoisotopic (exact) mass is 221 g/mol. The van der Waals surface area contributed by atoms with Crippen LogP contribution in [0.25, 0.3) is 0 Å². The third-order valence-electron chi connectivity index (χ3n) is 2.73. The molecule has 0 amide bonds. The Morgan fingerprint density at radius 3 is 3.19 bits per heavy atom. The Kier molecular flexibility index (Phi) is 2.99. The van der Waals surface area contributed by atoms with Gasteiger partial charge in [0.2, 0.25) is 0 Å². The van der Waals surface area contributed by atoms with Crippen molar-refractivity contribution >= 4 is 11.7 Å². The molecule has 1 heterocycles. The molecule has 0 aliphatic carbocycles. The summed E-state index contributed by atoms with van der Waals surface area (Å²) < 4.78 is 5.03. The van der Waals surface area contributed by atoms with Gasteiger partial charge in [-0.15, -0.1) is 0 Å². The van der Waals surface area contributed by atoms with E-state index in [1.807, 2.05) is 0 Å². The van der Waals surface area contributed by atoms with Gasteiger partial charge in [-0.1, -0.05) is 0 Å². The van der Waals surface area contributed by atoms with Crippen LogP contribution in [0.3, 0.4) is 0 Å². The van der Waals surface area contributed by atoms with Crippen LogP contribution in [0.5, 0.6) is 5.75 Å². The molecule has 4 nitrogen and oxygen atoms in total. The smallest absolute Gasteiger partial charge is 0.313 e. The highest BCUT2D eigenvalue weighted by Gasteiger charge is 2.27. The number of carbonyl (C=O) groups excluding carboxylic acids is 1. The number of nitrogens with one attached hydrogen (secondary N) is 1. The second-order valence-corrected chi connectivity index (χ2v) is 3.79. The highest BCUT2D eigenvalue weighted by Crippen LogP contribution is 2.34. The van der Waals surface area contributed by atoms with Crippen LogP contribution >= 0.6 is 0 Å². The summed E-state index contributed by atoms with van der Waals surface area (Å²) in [6.07, 6.45) is 0.704. The molecule has 1 aliphatic rings. The number of phenolic OH excluding ortho intramolecular Hbond substituents is 1. The van der Waals surface area contributed by atoms with E-state index in [-0.39, 0.29) is 17.6 Å². The van der Waals surface area contributed by atoms with Crippen LogP contribution in [-0.4, -0.2) is 24.2 Å². The number of anilines is 1. The predicted octanol–water partition coefficient (Wildman–Crippen LogP) is 1.85. The predicted molar refractivity (Wildman–Crippen MR) is 60.6 cm³/mol. The fraction of sp³-hybridized carbons (Fsp3) is 0.417. The zero-order valence-corrected chi connectivity index (χ0v) is 9.19. The first kappa shape index (κ1) is 10.8. The van der Waals surface area contributed by atoms with Gasteiger partial charge in [-0.05, 0) is 37.1 Å². The molecule has 0 radical (unpaired) electrons. The molecule has 1 atom stereocenters. The Bertz CT molecular complexity index is 403. The summed E-state index contributed by atoms with van der Waals surface area (Å²) in [4.78, 5) is 11.7. The van der Waals surface area contributed by atoms with E-state index in [9.17, 15) is 9.90 Å². The van der Waals surface area contributed by atoms with Crippen molar-refractivity contribution < 1.29 is 14.6 Å². The van der Waals surface area contributed by atoms with Crippen LogP contribution in [0, 0.1) is 0 Å². The maximum atomic E-state index is 11.7. The number of rotatable bonds is 2. The molecule has 16 heavy (non-hydrogen) atoms. The van der Waals surface area contributed by atoms with Crippen molar-refractivity contribution in [3.63, 3.8) is 0 Å². The molecule has 4 heteroatoms. The van der Waals surface area contributed by atoms with Crippen molar-refractivity contribution in [2.24, 2.45) is 0 Å². The molecule has 2 rings (SSSR count). The summed E-state index contributed by atoms with van der Waals surface area (Å²) in [5.41, 5.74) is 1.73. The van der Waals surface area contributed by atoms with E-state index in [4.69, 9.17) is 4.74 Å². The van der Waals surface area contributed by atoms with Gasteiger partial charge in [0.25, 0.3) is 0 Å². The van der Waals surface area contributed by atoms with Gasteiger partial charge in [-0.2, -0.15) is 0 Å². The van der Waals surface area contributed by atoms with Crippen molar-refractivity contribution in [1.82, 2.24) is 0 Å². The first-order valence-electron chi connectivity index (χ1n) is 5.45. The molecule has 0 saturated heterocycles. The second kappa shape index (κ2) is 4.43. The summed E-state index contributed by atoms with van der Waals surface area (Å²) in [5, 5.41) is 12.6. The van der Waals surface area contributed by atoms with Crippen LogP contribution < -0.4 is 5.32 Å². The maximum absolute atomic E-state index is 11.7. The topological polar surface area (TPSA) is 58.6 Å². The molecule has 1 aliphatic heterocycles. The number of phenols is 1. The first-order valence-corrected chi connectivity index (χ1v) is 5.45. The quantitative estimate of drug-likeness (QED) is 0.591. The average molecular weight is 221 g/mol. The normalized spacial score (nSPS) is 18.4. The number of benzene rings is 1. The van der Waals surface area contributed by atoms with Gasteiger partial charge in [-0.3, -0.25) is 4.79 Å². The van der Waals surface area contributed by atoms with Crippen LogP contribution in [0.2, 0.25) is 0 Å². The minimum atomic E-state index is -0.261. The molecule has 0 bridgehead atoms. The fourth-order valence-corrected chi connectivity index (χ4v) is 1.99. The number of hydrogen-bond acceptors (Lipinski definition) is 4. The van der Waals surface area contributed by atoms with Crippen molar-refractivity contribution in [3.05, 3.63) is 23.8 Å². The lowest BCUT2D eigenvalue weighted by Crippen LogP contribution is -2.24. The van der Waals surface area contributed by atoms with Crippen molar-refractivity contribution in [2.75, 3.05) is 18.5 Å². The Hall–Kier alpha value is -1.71. The van der Waals surface area contributed by atoms with Crippen LogP contribution in [0.4, 0.5) is 5.69 Å². The Morgan fingerprint density at radius 2 is 2.44 bits per heavy atom. The van der Waals surface area contributed by atoms with Gasteiger partial charge >= 0.3 is 5.97 Å². The van der Waals surface area contributed by atoms with Gasteiger partial charge in [0.1, 0.15) is 5.75 Å². The molecule has 0 aromatic heterocycles. The second-order valence-electron chi connectivity index (χ2n) is 3.79. The van der Waals surface area contributed by atoms with Crippen molar-refractivity contribution in [3.8, 4) is 5.75 Å². The van der Waals surface area contributed by atoms with E-state index >= 15 is 0 Å². The summed E-state index contributed by atoms with van der Waals surface area (Å²) in [7, 11) is 0. The number of hydrogen-bond donors (Lipinski definition) is 2. The molecule has 1 aromatic rings. The van der Waals surface area contributed by atoms with Crippen LogP contribution in [-0.2, 0) is 9.53 Å². The Balaban J connectivity index is 2.31. The van der Waals surface area contributed by atoms with E-state index in [1.54, 1.807) is 25.1 Å². The summed E-state index contributed by atoms with van der Waals surface area (Å²) in [6, 6.07) is 5.03. The largest absolute Gasteiger partial charge is 0.508 e. The third-order valence-corrected chi connectivity index (χ3v) is 2.73. The maximum Gasteiger partial charge on any atom is 0.313 e. The zero-order valence-electron chi connectivity index (χ0n) is 9.19. The highest BCUT2D eigenvalue weighted by molar-refractivity contribution is 5.82. The summed E-state index contributed by atoms with van der Waals surface area (Å²) >= 11 is 0. The molecule has 0 saturated carbocycles. The van der Waals surface area contributed by atoms with Gasteiger partial charge in [0.05, 0.1) is 12.5 Å². The highest BCUT2D eigenvalue weighted by atomic mass is 16.5. The molecule has 1 aromatic carbocycles. The van der Waals surface area contributed by atoms with Crippen molar-refractivity contribution in [1.29, 1.82) is 0 Å². The molecule has 86 valence electrons. The van der Waals surface area contributed by atoms with E-state index in [1.165, 1.54) is 0 Å². The van der Waals surface area contributed by atoms with Crippen LogP contribution in [0.1, 0.15) is 24.8 Å². The molecule has 2 N–H and O–H groups in total. The van der Waals surface area contributed by atoms with Crippen LogP contribution in [0.15, 0.2) is 18.2 Å². The standard InChI is InChI=1S/C12H15NO3/c1-2-16-12(15)9-5-6-13-11-4-3-8(14)7-10(9)11/h3-4,7,9,13-14H,2,5-6H2,1H3. The van der Waals surface area contributed by atoms with Crippen molar-refractivity contribution in [2.45, 2.75) is 19.3 Å². The summed E-state index contributed by atoms with van der Waals surface area (Å²) in [6.45, 7) is 2.93. The molecule has 0 spiro atoms. The average Bonchev–Trinajstić information content (AvgIpc) is 2.28. The lowest BCUT2D eigenvalue weighted by Gasteiger charge is -2.25. The summed E-state index contributed by atoms with van der Waals surface area (Å²) in [5.74, 6) is -0.295. The third kappa shape index (κ3) is 1.96. The van der Waals surface area contributed by atoms with E-state index in [2.05, 4.69) is 5.32 Å². The van der Waals surface area contributed by atoms with Gasteiger partial charge < -0.3 is 15.2 Å². The Labute approximate surface area is 94.2 Å². The zero-order chi connectivity index (χ0) is 11.5.